The van der Waals surface area contributed by atoms with Gasteiger partial charge in [0.2, 0.25) is 0 Å². The van der Waals surface area contributed by atoms with Crippen molar-refractivity contribution in [2.45, 2.75) is 31.7 Å². The van der Waals surface area contributed by atoms with E-state index < -0.39 is 23.8 Å². The van der Waals surface area contributed by atoms with Gasteiger partial charge in [0.15, 0.2) is 0 Å². The van der Waals surface area contributed by atoms with Crippen molar-refractivity contribution in [3.63, 3.8) is 0 Å². The molecular weight excluding hydrogens is 265 g/mol. The van der Waals surface area contributed by atoms with Gasteiger partial charge in [0, 0.05) is 6.42 Å². The lowest BCUT2D eigenvalue weighted by atomic mass is 9.99. The minimum Gasteiger partial charge on any atom is -0.480 e. The number of likely N-dealkylation sites (tertiary alicyclic amines) is 1. The Morgan fingerprint density at radius 1 is 1.45 bits per heavy atom. The van der Waals surface area contributed by atoms with Crippen molar-refractivity contribution in [2.24, 2.45) is 0 Å². The lowest BCUT2D eigenvalue weighted by molar-refractivity contribution is -0.147. The topological polar surface area (TPSA) is 66.8 Å². The monoisotopic (exact) mass is 281 g/mol. The standard InChI is InChI=1S/C14H16FNO4/c1-14(12(17)18)7-11(15)8-16(14)13(19)20-9-10-5-3-2-4-6-10/h2-6,11H,7-9H2,1H3,(H,17,18)/t11-,14-/m0/s1. The van der Waals surface area contributed by atoms with Gasteiger partial charge in [-0.2, -0.15) is 0 Å². The summed E-state index contributed by atoms with van der Waals surface area (Å²) in [6, 6.07) is 9.01. The maximum atomic E-state index is 13.4. The normalized spacial score (nSPS) is 25.5. The fraction of sp³-hybridized carbons (Fsp3) is 0.429. The van der Waals surface area contributed by atoms with E-state index in [1.165, 1.54) is 6.92 Å². The Kier molecular flexibility index (Phi) is 3.92. The van der Waals surface area contributed by atoms with Crippen molar-refractivity contribution >= 4 is 12.1 Å². The third-order valence-electron chi connectivity index (χ3n) is 3.48. The first kappa shape index (κ1) is 14.3. The molecule has 0 bridgehead atoms. The van der Waals surface area contributed by atoms with E-state index in [0.29, 0.717) is 0 Å². The van der Waals surface area contributed by atoms with Crippen LogP contribution in [-0.2, 0) is 16.1 Å². The summed E-state index contributed by atoms with van der Waals surface area (Å²) < 4.78 is 18.5. The van der Waals surface area contributed by atoms with Gasteiger partial charge in [-0.3, -0.25) is 4.90 Å². The van der Waals surface area contributed by atoms with Crippen molar-refractivity contribution in [2.75, 3.05) is 6.54 Å². The number of carbonyl (C=O) groups is 2. The van der Waals surface area contributed by atoms with Gasteiger partial charge in [0.25, 0.3) is 0 Å². The van der Waals surface area contributed by atoms with E-state index in [1.54, 1.807) is 24.3 Å². The van der Waals surface area contributed by atoms with Crippen LogP contribution in [0.25, 0.3) is 0 Å². The first-order chi connectivity index (χ1) is 9.43. The summed E-state index contributed by atoms with van der Waals surface area (Å²) >= 11 is 0. The zero-order chi connectivity index (χ0) is 14.8. The number of benzene rings is 1. The van der Waals surface area contributed by atoms with E-state index in [2.05, 4.69) is 0 Å². The number of rotatable bonds is 3. The highest BCUT2D eigenvalue weighted by molar-refractivity contribution is 5.84. The Hall–Kier alpha value is -2.11. The molecule has 0 spiro atoms. The van der Waals surface area contributed by atoms with Gasteiger partial charge >= 0.3 is 12.1 Å². The molecule has 2 atom stereocenters. The average molecular weight is 281 g/mol. The Balaban J connectivity index is 2.03. The summed E-state index contributed by atoms with van der Waals surface area (Å²) in [7, 11) is 0. The van der Waals surface area contributed by atoms with Crippen LogP contribution >= 0.6 is 0 Å². The van der Waals surface area contributed by atoms with Gasteiger partial charge in [-0.05, 0) is 12.5 Å². The van der Waals surface area contributed by atoms with Gasteiger partial charge in [-0.15, -0.1) is 0 Å². The van der Waals surface area contributed by atoms with Gasteiger partial charge < -0.3 is 9.84 Å². The zero-order valence-electron chi connectivity index (χ0n) is 11.1. The third-order valence-corrected chi connectivity index (χ3v) is 3.48. The summed E-state index contributed by atoms with van der Waals surface area (Å²) in [6.45, 7) is 1.11. The van der Waals surface area contributed by atoms with E-state index in [-0.39, 0.29) is 19.6 Å². The second-order valence-electron chi connectivity index (χ2n) is 5.03. The zero-order valence-corrected chi connectivity index (χ0v) is 11.1. The number of carboxylic acid groups (broad SMARTS) is 1. The summed E-state index contributed by atoms with van der Waals surface area (Å²) in [4.78, 5) is 24.1. The molecule has 5 nitrogen and oxygen atoms in total. The molecule has 1 saturated heterocycles. The maximum Gasteiger partial charge on any atom is 0.411 e. The third kappa shape index (κ3) is 2.74. The molecule has 1 N–H and O–H groups in total. The molecule has 0 aliphatic carbocycles. The van der Waals surface area contributed by atoms with Crippen molar-refractivity contribution in [3.8, 4) is 0 Å². The van der Waals surface area contributed by atoms with E-state index in [1.807, 2.05) is 6.07 Å². The molecule has 0 aromatic heterocycles. The number of hydrogen-bond donors (Lipinski definition) is 1. The number of carbonyl (C=O) groups excluding carboxylic acids is 1. The van der Waals surface area contributed by atoms with Crippen LogP contribution in [0.4, 0.5) is 9.18 Å². The number of nitrogens with zero attached hydrogens (tertiary/aromatic N) is 1. The maximum absolute atomic E-state index is 13.4. The summed E-state index contributed by atoms with van der Waals surface area (Å²) in [6.07, 6.45) is -2.37. The van der Waals surface area contributed by atoms with Crippen LogP contribution in [0.2, 0.25) is 0 Å². The second kappa shape index (κ2) is 5.48. The molecule has 0 unspecified atom stereocenters. The molecule has 1 aromatic rings. The Labute approximate surface area is 116 Å². The number of hydrogen-bond acceptors (Lipinski definition) is 3. The highest BCUT2D eigenvalue weighted by Gasteiger charge is 2.51. The number of alkyl halides is 1. The number of ether oxygens (including phenoxy) is 1. The average Bonchev–Trinajstić information content (AvgIpc) is 2.74. The highest BCUT2D eigenvalue weighted by Crippen LogP contribution is 2.32. The van der Waals surface area contributed by atoms with Crippen molar-refractivity contribution in [1.82, 2.24) is 4.90 Å². The highest BCUT2D eigenvalue weighted by atomic mass is 19.1. The number of amides is 1. The van der Waals surface area contributed by atoms with Crippen molar-refractivity contribution in [1.29, 1.82) is 0 Å². The second-order valence-corrected chi connectivity index (χ2v) is 5.03. The predicted molar refractivity (Wildman–Crippen MR) is 68.9 cm³/mol. The van der Waals surface area contributed by atoms with E-state index in [0.717, 1.165) is 10.5 Å². The molecule has 1 heterocycles. The largest absolute Gasteiger partial charge is 0.480 e. The van der Waals surface area contributed by atoms with Crippen LogP contribution in [0.3, 0.4) is 0 Å². The molecule has 0 radical (unpaired) electrons. The fourth-order valence-electron chi connectivity index (χ4n) is 2.28. The van der Waals surface area contributed by atoms with Crippen LogP contribution in [0.1, 0.15) is 18.9 Å². The van der Waals surface area contributed by atoms with Crippen LogP contribution in [0.5, 0.6) is 0 Å². The van der Waals surface area contributed by atoms with Crippen LogP contribution in [0, 0.1) is 0 Å². The van der Waals surface area contributed by atoms with Crippen LogP contribution < -0.4 is 0 Å². The smallest absolute Gasteiger partial charge is 0.411 e. The van der Waals surface area contributed by atoms with E-state index in [9.17, 15) is 19.1 Å². The molecular formula is C14H16FNO4. The molecule has 20 heavy (non-hydrogen) atoms. The van der Waals surface area contributed by atoms with Crippen LogP contribution in [-0.4, -0.2) is 40.3 Å². The van der Waals surface area contributed by atoms with Crippen molar-refractivity contribution < 1.29 is 23.8 Å². The molecule has 1 amide bonds. The molecule has 2 rings (SSSR count). The van der Waals surface area contributed by atoms with E-state index >= 15 is 0 Å². The molecule has 1 aromatic carbocycles. The fourth-order valence-corrected chi connectivity index (χ4v) is 2.28. The molecule has 0 saturated carbocycles. The summed E-state index contributed by atoms with van der Waals surface area (Å²) in [5, 5.41) is 9.18. The van der Waals surface area contributed by atoms with Gasteiger partial charge in [-0.1, -0.05) is 30.3 Å². The summed E-state index contributed by atoms with van der Waals surface area (Å²) in [5.41, 5.74) is -0.762. The minimum absolute atomic E-state index is 0.0306. The number of aliphatic carboxylic acids is 1. The SMILES string of the molecule is C[C@@]1(C(=O)O)C[C@H](F)CN1C(=O)OCc1ccccc1. The Morgan fingerprint density at radius 2 is 2.10 bits per heavy atom. The lowest BCUT2D eigenvalue weighted by Crippen LogP contribution is -2.50. The predicted octanol–water partition coefficient (Wildman–Crippen LogP) is 2.21. The number of halogens is 1. The van der Waals surface area contributed by atoms with Gasteiger partial charge in [0.1, 0.15) is 18.3 Å². The first-order valence-corrected chi connectivity index (χ1v) is 6.29. The van der Waals surface area contributed by atoms with Gasteiger partial charge in [-0.25, -0.2) is 14.0 Å². The quantitative estimate of drug-likeness (QED) is 0.922. The van der Waals surface area contributed by atoms with Crippen molar-refractivity contribution in [3.05, 3.63) is 35.9 Å². The molecule has 1 aliphatic heterocycles. The molecule has 6 heteroatoms. The molecule has 1 aliphatic rings. The minimum atomic E-state index is -1.55. The Morgan fingerprint density at radius 3 is 2.70 bits per heavy atom. The molecule has 108 valence electrons. The lowest BCUT2D eigenvalue weighted by Gasteiger charge is -2.29. The Bertz CT molecular complexity index is 507. The van der Waals surface area contributed by atoms with Crippen LogP contribution in [0.15, 0.2) is 30.3 Å². The summed E-state index contributed by atoms with van der Waals surface area (Å²) in [5.74, 6) is -1.23. The molecule has 1 fully saturated rings. The number of carboxylic acids is 1. The van der Waals surface area contributed by atoms with Gasteiger partial charge in [0.05, 0.1) is 6.54 Å². The van der Waals surface area contributed by atoms with E-state index in [4.69, 9.17) is 4.74 Å². The first-order valence-electron chi connectivity index (χ1n) is 6.29.